The smallest absolute Gasteiger partial charge is 0.336 e. The average molecular weight is 199 g/mol. The molecule has 0 saturated carbocycles. The molecule has 15 heavy (non-hydrogen) atoms. The number of nitrogens with zero attached hydrogens (tertiary/aromatic N) is 1. The van der Waals surface area contributed by atoms with Gasteiger partial charge in [0.1, 0.15) is 0 Å². The summed E-state index contributed by atoms with van der Waals surface area (Å²) in [5, 5.41) is 17.5. The predicted octanol–water partition coefficient (Wildman–Crippen LogP) is 2.21. The highest BCUT2D eigenvalue weighted by Crippen LogP contribution is 2.15. The highest BCUT2D eigenvalue weighted by Gasteiger charge is 2.08. The number of rotatable bonds is 3. The maximum atomic E-state index is 10.9. The van der Waals surface area contributed by atoms with Crippen molar-refractivity contribution in [1.29, 1.82) is 5.26 Å². The van der Waals surface area contributed by atoms with E-state index in [1.54, 1.807) is 24.3 Å². The van der Waals surface area contributed by atoms with Crippen LogP contribution >= 0.6 is 0 Å². The van der Waals surface area contributed by atoms with Crippen molar-refractivity contribution in [3.63, 3.8) is 0 Å². The van der Waals surface area contributed by atoms with Crippen LogP contribution in [0.25, 0.3) is 5.57 Å². The van der Waals surface area contributed by atoms with Gasteiger partial charge < -0.3 is 5.11 Å². The summed E-state index contributed by atoms with van der Waals surface area (Å²) in [4.78, 5) is 10.9. The van der Waals surface area contributed by atoms with Gasteiger partial charge in [0, 0.05) is 0 Å². The molecule has 0 aliphatic heterocycles. The van der Waals surface area contributed by atoms with Crippen LogP contribution in [0.15, 0.2) is 43.0 Å². The van der Waals surface area contributed by atoms with Gasteiger partial charge in [-0.05, 0) is 23.8 Å². The van der Waals surface area contributed by atoms with Crippen LogP contribution < -0.4 is 0 Å². The van der Waals surface area contributed by atoms with Crippen molar-refractivity contribution in [1.82, 2.24) is 0 Å². The molecule has 0 atom stereocenters. The average Bonchev–Trinajstić information content (AvgIpc) is 2.26. The number of aliphatic carboxylic acids is 1. The van der Waals surface area contributed by atoms with Gasteiger partial charge in [-0.25, -0.2) is 4.79 Å². The van der Waals surface area contributed by atoms with E-state index < -0.39 is 5.97 Å². The van der Waals surface area contributed by atoms with Gasteiger partial charge in [0.25, 0.3) is 0 Å². The largest absolute Gasteiger partial charge is 0.478 e. The zero-order valence-electron chi connectivity index (χ0n) is 7.97. The lowest BCUT2D eigenvalue weighted by molar-refractivity contribution is -0.130. The molecule has 1 rings (SSSR count). The Labute approximate surface area is 87.6 Å². The number of nitriles is 1. The van der Waals surface area contributed by atoms with E-state index in [1.165, 1.54) is 12.2 Å². The van der Waals surface area contributed by atoms with Crippen molar-refractivity contribution in [3.05, 3.63) is 54.1 Å². The zero-order valence-corrected chi connectivity index (χ0v) is 7.97. The molecule has 1 aromatic carbocycles. The number of carboxylic acid groups (broad SMARTS) is 1. The fourth-order valence-electron chi connectivity index (χ4n) is 1.13. The molecule has 0 aliphatic rings. The molecule has 1 N–H and O–H groups in total. The van der Waals surface area contributed by atoms with E-state index in [1.807, 2.05) is 6.07 Å². The Morgan fingerprint density at radius 1 is 1.40 bits per heavy atom. The summed E-state index contributed by atoms with van der Waals surface area (Å²) >= 11 is 0. The van der Waals surface area contributed by atoms with Gasteiger partial charge in [0.15, 0.2) is 0 Å². The fourth-order valence-corrected chi connectivity index (χ4v) is 1.13. The Morgan fingerprint density at radius 2 is 2.00 bits per heavy atom. The third kappa shape index (κ3) is 2.55. The minimum absolute atomic E-state index is 0.162. The monoisotopic (exact) mass is 199 g/mol. The van der Waals surface area contributed by atoms with Gasteiger partial charge in [0.2, 0.25) is 0 Å². The summed E-state index contributed by atoms with van der Waals surface area (Å²) < 4.78 is 0. The molecule has 0 aromatic heterocycles. The standard InChI is InChI=1S/C12H9NO2/c1-2-3-11(12(14)15)10-6-4-9(8-13)5-7-10/h2-7H,1H2,(H,14,15). The third-order valence-electron chi connectivity index (χ3n) is 1.84. The van der Waals surface area contributed by atoms with E-state index in [4.69, 9.17) is 10.4 Å². The van der Waals surface area contributed by atoms with Crippen molar-refractivity contribution in [3.8, 4) is 6.07 Å². The van der Waals surface area contributed by atoms with E-state index in [2.05, 4.69) is 6.58 Å². The number of hydrogen-bond donors (Lipinski definition) is 1. The van der Waals surface area contributed by atoms with Crippen molar-refractivity contribution >= 4 is 11.5 Å². The maximum Gasteiger partial charge on any atom is 0.336 e. The number of allylic oxidation sites excluding steroid dienone is 2. The van der Waals surface area contributed by atoms with E-state index >= 15 is 0 Å². The van der Waals surface area contributed by atoms with E-state index in [0.29, 0.717) is 11.1 Å². The van der Waals surface area contributed by atoms with Crippen LogP contribution in [-0.4, -0.2) is 11.1 Å². The molecule has 1 aromatic rings. The van der Waals surface area contributed by atoms with Gasteiger partial charge in [-0.2, -0.15) is 5.26 Å². The molecule has 0 heterocycles. The minimum atomic E-state index is -1.01. The highest BCUT2D eigenvalue weighted by molar-refractivity contribution is 6.15. The van der Waals surface area contributed by atoms with Crippen molar-refractivity contribution in [2.24, 2.45) is 0 Å². The van der Waals surface area contributed by atoms with Gasteiger partial charge in [-0.1, -0.05) is 24.8 Å². The first-order valence-electron chi connectivity index (χ1n) is 4.25. The molecule has 0 saturated heterocycles. The predicted molar refractivity (Wildman–Crippen MR) is 57.0 cm³/mol. The lowest BCUT2D eigenvalue weighted by Crippen LogP contribution is -1.99. The summed E-state index contributed by atoms with van der Waals surface area (Å²) in [7, 11) is 0. The van der Waals surface area contributed by atoms with Gasteiger partial charge >= 0.3 is 5.97 Å². The number of hydrogen-bond acceptors (Lipinski definition) is 2. The second-order valence-corrected chi connectivity index (χ2v) is 2.81. The van der Waals surface area contributed by atoms with Gasteiger partial charge in [-0.3, -0.25) is 0 Å². The number of carbonyl (C=O) groups is 1. The Kier molecular flexibility index (Phi) is 3.42. The first kappa shape index (κ1) is 10.7. The number of benzene rings is 1. The molecule has 0 amide bonds. The molecule has 0 fully saturated rings. The maximum absolute atomic E-state index is 10.9. The van der Waals surface area contributed by atoms with Gasteiger partial charge in [-0.15, -0.1) is 0 Å². The molecule has 3 nitrogen and oxygen atoms in total. The second kappa shape index (κ2) is 4.77. The van der Waals surface area contributed by atoms with Crippen LogP contribution in [0.1, 0.15) is 11.1 Å². The van der Waals surface area contributed by atoms with E-state index in [9.17, 15) is 4.79 Å². The Bertz CT molecular complexity index is 450. The molecule has 74 valence electrons. The third-order valence-corrected chi connectivity index (χ3v) is 1.84. The minimum Gasteiger partial charge on any atom is -0.478 e. The molecule has 0 aliphatic carbocycles. The summed E-state index contributed by atoms with van der Waals surface area (Å²) in [5.41, 5.74) is 1.22. The molecule has 0 spiro atoms. The van der Waals surface area contributed by atoms with Crippen LogP contribution in [0.3, 0.4) is 0 Å². The Hall–Kier alpha value is -2.34. The highest BCUT2D eigenvalue weighted by atomic mass is 16.4. The molecule has 0 unspecified atom stereocenters. The summed E-state index contributed by atoms with van der Waals surface area (Å²) in [6.07, 6.45) is 2.84. The molecular weight excluding hydrogens is 190 g/mol. The summed E-state index contributed by atoms with van der Waals surface area (Å²) in [5.74, 6) is -1.01. The number of carboxylic acids is 1. The van der Waals surface area contributed by atoms with Crippen LogP contribution in [0, 0.1) is 11.3 Å². The first-order chi connectivity index (χ1) is 7.19. The van der Waals surface area contributed by atoms with Crippen LogP contribution in [0.5, 0.6) is 0 Å². The Balaban J connectivity index is 3.14. The van der Waals surface area contributed by atoms with Crippen molar-refractivity contribution < 1.29 is 9.90 Å². The molecule has 0 radical (unpaired) electrons. The quantitative estimate of drug-likeness (QED) is 0.599. The van der Waals surface area contributed by atoms with Crippen LogP contribution in [-0.2, 0) is 4.79 Å². The lowest BCUT2D eigenvalue weighted by Gasteiger charge is -2.01. The second-order valence-electron chi connectivity index (χ2n) is 2.81. The Morgan fingerprint density at radius 3 is 2.40 bits per heavy atom. The topological polar surface area (TPSA) is 61.1 Å². The lowest BCUT2D eigenvalue weighted by atomic mass is 10.0. The SMILES string of the molecule is C=CC=C(C(=O)O)c1ccc(C#N)cc1. The molecular formula is C12H9NO2. The summed E-state index contributed by atoms with van der Waals surface area (Å²) in [6, 6.07) is 8.32. The van der Waals surface area contributed by atoms with E-state index in [-0.39, 0.29) is 5.57 Å². The van der Waals surface area contributed by atoms with Gasteiger partial charge in [0.05, 0.1) is 17.2 Å². The zero-order chi connectivity index (χ0) is 11.3. The molecule has 3 heteroatoms. The normalized spacial score (nSPS) is 10.5. The van der Waals surface area contributed by atoms with Crippen molar-refractivity contribution in [2.75, 3.05) is 0 Å². The van der Waals surface area contributed by atoms with Crippen LogP contribution in [0.4, 0.5) is 0 Å². The molecule has 0 bridgehead atoms. The summed E-state index contributed by atoms with van der Waals surface area (Å²) in [6.45, 7) is 3.45. The van der Waals surface area contributed by atoms with Crippen LogP contribution in [0.2, 0.25) is 0 Å². The van der Waals surface area contributed by atoms with Crippen molar-refractivity contribution in [2.45, 2.75) is 0 Å². The fraction of sp³-hybridized carbons (Fsp3) is 0. The van der Waals surface area contributed by atoms with E-state index in [0.717, 1.165) is 0 Å². The first-order valence-corrected chi connectivity index (χ1v) is 4.25.